The third-order valence-electron chi connectivity index (χ3n) is 4.69. The predicted molar refractivity (Wildman–Crippen MR) is 89.4 cm³/mol. The van der Waals surface area contributed by atoms with Crippen molar-refractivity contribution in [1.82, 2.24) is 9.29 Å². The summed E-state index contributed by atoms with van der Waals surface area (Å²) in [7, 11) is -3.41. The minimum Gasteiger partial charge on any atom is -0.361 e. The number of hydrogen-bond donors (Lipinski definition) is 1. The lowest BCUT2D eigenvalue weighted by Crippen LogP contribution is -2.34. The Hall–Kier alpha value is -1.33. The van der Waals surface area contributed by atoms with E-state index in [1.807, 2.05) is 19.2 Å². The monoisotopic (exact) mass is 320 g/mol. The Kier molecular flexibility index (Phi) is 4.03. The minimum absolute atomic E-state index is 0.407. The largest absolute Gasteiger partial charge is 0.361 e. The molecule has 0 saturated carbocycles. The summed E-state index contributed by atoms with van der Waals surface area (Å²) in [4.78, 5) is 3.57. The van der Waals surface area contributed by atoms with E-state index >= 15 is 0 Å². The van der Waals surface area contributed by atoms with Crippen molar-refractivity contribution < 1.29 is 8.42 Å². The quantitative estimate of drug-likeness (QED) is 0.920. The molecule has 1 aliphatic rings. The van der Waals surface area contributed by atoms with Crippen LogP contribution in [0, 0.1) is 18.8 Å². The van der Waals surface area contributed by atoms with Crippen molar-refractivity contribution in [3.8, 4) is 0 Å². The lowest BCUT2D eigenvalue weighted by molar-refractivity contribution is 0.378. The van der Waals surface area contributed by atoms with Gasteiger partial charge in [0.25, 0.3) is 0 Å². The number of aryl methyl sites for hydroxylation is 1. The van der Waals surface area contributed by atoms with Crippen LogP contribution in [0.1, 0.15) is 32.3 Å². The fourth-order valence-corrected chi connectivity index (χ4v) is 5.05. The van der Waals surface area contributed by atoms with Gasteiger partial charge < -0.3 is 4.98 Å². The minimum atomic E-state index is -3.41. The number of nitrogens with one attached hydrogen (secondary N) is 1. The molecule has 1 saturated heterocycles. The number of rotatable bonds is 2. The van der Waals surface area contributed by atoms with Gasteiger partial charge in [-0.1, -0.05) is 13.8 Å². The first-order chi connectivity index (χ1) is 10.4. The van der Waals surface area contributed by atoms with Crippen LogP contribution in [0.5, 0.6) is 0 Å². The van der Waals surface area contributed by atoms with Crippen LogP contribution >= 0.6 is 0 Å². The zero-order chi connectivity index (χ0) is 15.9. The van der Waals surface area contributed by atoms with E-state index in [9.17, 15) is 8.42 Å². The lowest BCUT2D eigenvalue weighted by atomic mass is 9.97. The number of aromatic nitrogens is 1. The van der Waals surface area contributed by atoms with Gasteiger partial charge in [0.05, 0.1) is 4.90 Å². The Morgan fingerprint density at radius 2 is 2.00 bits per heavy atom. The third kappa shape index (κ3) is 2.79. The Morgan fingerprint density at radius 1 is 1.23 bits per heavy atom. The van der Waals surface area contributed by atoms with Gasteiger partial charge in [-0.2, -0.15) is 4.31 Å². The average Bonchev–Trinajstić information content (AvgIpc) is 2.74. The molecule has 1 fully saturated rings. The second kappa shape index (κ2) is 5.70. The topological polar surface area (TPSA) is 53.2 Å². The number of nitrogens with zero attached hydrogens (tertiary/aromatic N) is 1. The van der Waals surface area contributed by atoms with Gasteiger partial charge in [-0.15, -0.1) is 0 Å². The second-order valence-electron chi connectivity index (χ2n) is 6.78. The number of H-pyrrole nitrogens is 1. The van der Waals surface area contributed by atoms with Crippen LogP contribution < -0.4 is 0 Å². The molecule has 1 aliphatic heterocycles. The number of fused-ring (bicyclic) bond motifs is 1. The molecule has 4 nitrogen and oxygen atoms in total. The SMILES string of the molecule is Cc1c[nH]c2ccc(S(=O)(=O)N3CCC(C)CC(C)C3)cc12. The number of hydrogen-bond acceptors (Lipinski definition) is 2. The summed E-state index contributed by atoms with van der Waals surface area (Å²) < 4.78 is 27.6. The van der Waals surface area contributed by atoms with Crippen molar-refractivity contribution in [3.63, 3.8) is 0 Å². The fourth-order valence-electron chi connectivity index (χ4n) is 3.45. The van der Waals surface area contributed by atoms with Crippen LogP contribution in [-0.4, -0.2) is 30.8 Å². The molecule has 22 heavy (non-hydrogen) atoms. The first kappa shape index (κ1) is 15.6. The maximum Gasteiger partial charge on any atom is 0.243 e. The summed E-state index contributed by atoms with van der Waals surface area (Å²) in [6, 6.07) is 5.38. The summed E-state index contributed by atoms with van der Waals surface area (Å²) in [5, 5.41) is 0.984. The molecule has 1 aromatic carbocycles. The molecule has 120 valence electrons. The van der Waals surface area contributed by atoms with Gasteiger partial charge in [-0.3, -0.25) is 0 Å². The molecule has 2 heterocycles. The van der Waals surface area contributed by atoms with E-state index in [0.29, 0.717) is 29.8 Å². The molecular formula is C17H24N2O2S. The van der Waals surface area contributed by atoms with Crippen LogP contribution in [0.2, 0.25) is 0 Å². The van der Waals surface area contributed by atoms with E-state index in [4.69, 9.17) is 0 Å². The predicted octanol–water partition coefficient (Wildman–Crippen LogP) is 3.53. The van der Waals surface area contributed by atoms with Crippen molar-refractivity contribution in [1.29, 1.82) is 0 Å². The van der Waals surface area contributed by atoms with Crippen molar-refractivity contribution in [2.45, 2.75) is 38.5 Å². The van der Waals surface area contributed by atoms with Gasteiger partial charge in [0.2, 0.25) is 10.0 Å². The molecule has 1 aromatic heterocycles. The Bertz CT molecular complexity index is 779. The first-order valence-corrected chi connectivity index (χ1v) is 9.40. The van der Waals surface area contributed by atoms with Crippen molar-refractivity contribution in [3.05, 3.63) is 30.0 Å². The molecule has 1 N–H and O–H groups in total. The van der Waals surface area contributed by atoms with E-state index in [2.05, 4.69) is 18.8 Å². The normalized spacial score (nSPS) is 24.5. The number of aromatic amines is 1. The van der Waals surface area contributed by atoms with E-state index in [0.717, 1.165) is 29.3 Å². The molecule has 0 spiro atoms. The first-order valence-electron chi connectivity index (χ1n) is 7.96. The van der Waals surface area contributed by atoms with E-state index < -0.39 is 10.0 Å². The maximum absolute atomic E-state index is 13.0. The van der Waals surface area contributed by atoms with Crippen molar-refractivity contribution in [2.24, 2.45) is 11.8 Å². The van der Waals surface area contributed by atoms with Crippen LogP contribution in [-0.2, 0) is 10.0 Å². The van der Waals surface area contributed by atoms with E-state index in [1.54, 1.807) is 16.4 Å². The van der Waals surface area contributed by atoms with E-state index in [1.165, 1.54) is 0 Å². The highest BCUT2D eigenvalue weighted by molar-refractivity contribution is 7.89. The third-order valence-corrected chi connectivity index (χ3v) is 6.55. The molecule has 2 atom stereocenters. The van der Waals surface area contributed by atoms with Crippen LogP contribution in [0.4, 0.5) is 0 Å². The zero-order valence-electron chi connectivity index (χ0n) is 13.5. The molecule has 0 radical (unpaired) electrons. The summed E-state index contributed by atoms with van der Waals surface area (Å²) >= 11 is 0. The number of benzene rings is 1. The van der Waals surface area contributed by atoms with Crippen LogP contribution in [0.15, 0.2) is 29.3 Å². The van der Waals surface area contributed by atoms with E-state index in [-0.39, 0.29) is 0 Å². The molecule has 3 rings (SSSR count). The van der Waals surface area contributed by atoms with Crippen molar-refractivity contribution in [2.75, 3.05) is 13.1 Å². The summed E-state index contributed by atoms with van der Waals surface area (Å²) in [6.45, 7) is 7.59. The Labute approximate surface area is 132 Å². The molecule has 2 unspecified atom stereocenters. The Balaban J connectivity index is 1.98. The highest BCUT2D eigenvalue weighted by Crippen LogP contribution is 2.28. The maximum atomic E-state index is 13.0. The van der Waals surface area contributed by atoms with Gasteiger partial charge in [0.15, 0.2) is 0 Å². The van der Waals surface area contributed by atoms with Gasteiger partial charge in [0.1, 0.15) is 0 Å². The number of sulfonamides is 1. The standard InChI is InChI=1S/C17H24N2O2S/c1-12-6-7-19(11-13(2)8-12)22(20,21)15-4-5-17-16(9-15)14(3)10-18-17/h4-5,9-10,12-13,18H,6-8,11H2,1-3H3. The molecular weight excluding hydrogens is 296 g/mol. The van der Waals surface area contributed by atoms with Crippen LogP contribution in [0.3, 0.4) is 0 Å². The zero-order valence-corrected chi connectivity index (χ0v) is 14.3. The molecule has 0 bridgehead atoms. The van der Waals surface area contributed by atoms with Crippen molar-refractivity contribution >= 4 is 20.9 Å². The highest BCUT2D eigenvalue weighted by atomic mass is 32.2. The van der Waals surface area contributed by atoms with Crippen LogP contribution in [0.25, 0.3) is 10.9 Å². The molecule has 5 heteroatoms. The Morgan fingerprint density at radius 3 is 2.77 bits per heavy atom. The van der Waals surface area contributed by atoms with Gasteiger partial charge in [-0.25, -0.2) is 8.42 Å². The molecule has 0 amide bonds. The second-order valence-corrected chi connectivity index (χ2v) is 8.71. The lowest BCUT2D eigenvalue weighted by Gasteiger charge is -2.22. The molecule has 0 aliphatic carbocycles. The molecule has 2 aromatic rings. The summed E-state index contributed by atoms with van der Waals surface area (Å²) in [5.41, 5.74) is 2.05. The average molecular weight is 320 g/mol. The van der Waals surface area contributed by atoms with Gasteiger partial charge >= 0.3 is 0 Å². The fraction of sp³-hybridized carbons (Fsp3) is 0.529. The highest BCUT2D eigenvalue weighted by Gasteiger charge is 2.29. The van der Waals surface area contributed by atoms with Gasteiger partial charge in [-0.05, 0) is 55.4 Å². The summed E-state index contributed by atoms with van der Waals surface area (Å²) in [5.74, 6) is 0.995. The smallest absolute Gasteiger partial charge is 0.243 e. The van der Waals surface area contributed by atoms with Gasteiger partial charge in [0, 0.05) is 30.2 Å². The summed E-state index contributed by atoms with van der Waals surface area (Å²) in [6.07, 6.45) is 3.95.